The number of anilines is 1. The molecule has 1 aromatic carbocycles. The zero-order valence-electron chi connectivity index (χ0n) is 11.0. The van der Waals surface area contributed by atoms with Crippen molar-refractivity contribution in [3.63, 3.8) is 0 Å². The van der Waals surface area contributed by atoms with Crippen molar-refractivity contribution in [2.24, 2.45) is 0 Å². The predicted molar refractivity (Wildman–Crippen MR) is 71.4 cm³/mol. The summed E-state index contributed by atoms with van der Waals surface area (Å²) in [6.07, 6.45) is 0.812. The van der Waals surface area contributed by atoms with Gasteiger partial charge in [0.05, 0.1) is 11.3 Å². The van der Waals surface area contributed by atoms with Crippen molar-refractivity contribution in [1.82, 2.24) is 10.2 Å². The van der Waals surface area contributed by atoms with Crippen LogP contribution >= 0.6 is 0 Å². The SMILES string of the molecule is CN1CCC(NC(=O)Nc2c(F)cccc2C(=O)O)C1. The Morgan fingerprint density at radius 1 is 1.45 bits per heavy atom. The summed E-state index contributed by atoms with van der Waals surface area (Å²) in [5, 5.41) is 14.0. The average molecular weight is 281 g/mol. The first-order valence-corrected chi connectivity index (χ1v) is 6.25. The van der Waals surface area contributed by atoms with Gasteiger partial charge in [0, 0.05) is 12.6 Å². The van der Waals surface area contributed by atoms with E-state index in [-0.39, 0.29) is 17.3 Å². The van der Waals surface area contributed by atoms with Gasteiger partial charge in [0.15, 0.2) is 0 Å². The molecule has 7 heteroatoms. The highest BCUT2D eigenvalue weighted by molar-refractivity contribution is 6.00. The standard InChI is InChI=1S/C13H16FN3O3/c1-17-6-5-8(7-17)15-13(20)16-11-9(12(18)19)3-2-4-10(11)14/h2-4,8H,5-7H2,1H3,(H,18,19)(H2,15,16,20). The number of nitrogens with zero attached hydrogens (tertiary/aromatic N) is 1. The molecule has 108 valence electrons. The third kappa shape index (κ3) is 3.24. The Balaban J connectivity index is 2.06. The van der Waals surface area contributed by atoms with Crippen molar-refractivity contribution in [3.8, 4) is 0 Å². The summed E-state index contributed by atoms with van der Waals surface area (Å²) in [6.45, 7) is 1.60. The van der Waals surface area contributed by atoms with Gasteiger partial charge >= 0.3 is 12.0 Å². The summed E-state index contributed by atoms with van der Waals surface area (Å²) in [4.78, 5) is 24.9. The molecule has 20 heavy (non-hydrogen) atoms. The molecule has 6 nitrogen and oxygen atoms in total. The Labute approximate surface area is 115 Å². The number of rotatable bonds is 3. The summed E-state index contributed by atoms with van der Waals surface area (Å²) in [6, 6.07) is 3.02. The second-order valence-corrected chi connectivity index (χ2v) is 4.81. The molecule has 0 aliphatic carbocycles. The zero-order chi connectivity index (χ0) is 14.7. The number of likely N-dealkylation sites (N-methyl/N-ethyl adjacent to an activating group) is 1. The molecule has 0 aromatic heterocycles. The number of carboxylic acids is 1. The Morgan fingerprint density at radius 2 is 2.20 bits per heavy atom. The molecule has 1 unspecified atom stereocenters. The van der Waals surface area contributed by atoms with E-state index >= 15 is 0 Å². The van der Waals surface area contributed by atoms with Gasteiger partial charge in [-0.3, -0.25) is 0 Å². The van der Waals surface area contributed by atoms with Crippen LogP contribution in [0.1, 0.15) is 16.8 Å². The number of aromatic carboxylic acids is 1. The number of likely N-dealkylation sites (tertiary alicyclic amines) is 1. The van der Waals surface area contributed by atoms with E-state index in [1.165, 1.54) is 12.1 Å². The highest BCUT2D eigenvalue weighted by atomic mass is 19.1. The molecule has 2 rings (SSSR count). The lowest BCUT2D eigenvalue weighted by Crippen LogP contribution is -2.39. The number of nitrogens with one attached hydrogen (secondary N) is 2. The normalized spacial score (nSPS) is 18.8. The minimum Gasteiger partial charge on any atom is -0.478 e. The monoisotopic (exact) mass is 281 g/mol. The van der Waals surface area contributed by atoms with Crippen LogP contribution in [-0.2, 0) is 0 Å². The number of halogens is 1. The van der Waals surface area contributed by atoms with Crippen LogP contribution < -0.4 is 10.6 Å². The van der Waals surface area contributed by atoms with Crippen LogP contribution in [0.25, 0.3) is 0 Å². The van der Waals surface area contributed by atoms with Gasteiger partial charge in [0.25, 0.3) is 0 Å². The summed E-state index contributed by atoms with van der Waals surface area (Å²) < 4.78 is 13.6. The Kier molecular flexibility index (Phi) is 4.19. The molecule has 1 atom stereocenters. The number of carbonyl (C=O) groups is 2. The molecule has 1 aromatic rings. The second kappa shape index (κ2) is 5.87. The molecule has 0 saturated carbocycles. The summed E-state index contributed by atoms with van der Waals surface area (Å²) in [5.74, 6) is -2.07. The largest absolute Gasteiger partial charge is 0.478 e. The minimum atomic E-state index is -1.29. The van der Waals surface area contributed by atoms with E-state index in [0.29, 0.717) is 0 Å². The van der Waals surface area contributed by atoms with E-state index in [0.717, 1.165) is 25.6 Å². The number of urea groups is 1. The molecule has 0 bridgehead atoms. The highest BCUT2D eigenvalue weighted by Crippen LogP contribution is 2.20. The van der Waals surface area contributed by atoms with Gasteiger partial charge in [-0.15, -0.1) is 0 Å². The van der Waals surface area contributed by atoms with Crippen LogP contribution in [0.15, 0.2) is 18.2 Å². The van der Waals surface area contributed by atoms with Crippen LogP contribution in [0.3, 0.4) is 0 Å². The van der Waals surface area contributed by atoms with Crippen molar-refractivity contribution in [2.75, 3.05) is 25.5 Å². The number of hydrogen-bond acceptors (Lipinski definition) is 3. The van der Waals surface area contributed by atoms with Crippen LogP contribution in [-0.4, -0.2) is 48.2 Å². The lowest BCUT2D eigenvalue weighted by atomic mass is 10.1. The Morgan fingerprint density at radius 3 is 2.80 bits per heavy atom. The summed E-state index contributed by atoms with van der Waals surface area (Å²) >= 11 is 0. The number of benzene rings is 1. The fourth-order valence-corrected chi connectivity index (χ4v) is 2.22. The zero-order valence-corrected chi connectivity index (χ0v) is 11.0. The molecule has 2 amide bonds. The molecule has 0 spiro atoms. The van der Waals surface area contributed by atoms with Crippen LogP contribution in [0.5, 0.6) is 0 Å². The third-order valence-electron chi connectivity index (χ3n) is 3.21. The number of amides is 2. The molecule has 1 saturated heterocycles. The van der Waals surface area contributed by atoms with Crippen LogP contribution in [0.2, 0.25) is 0 Å². The Bertz CT molecular complexity index is 536. The lowest BCUT2D eigenvalue weighted by Gasteiger charge is -2.15. The predicted octanol–water partition coefficient (Wildman–Crippen LogP) is 1.35. The van der Waals surface area contributed by atoms with Gasteiger partial charge in [-0.2, -0.15) is 0 Å². The first kappa shape index (κ1) is 14.3. The van der Waals surface area contributed by atoms with Crippen molar-refractivity contribution in [1.29, 1.82) is 0 Å². The topological polar surface area (TPSA) is 81.7 Å². The van der Waals surface area contributed by atoms with Gasteiger partial charge < -0.3 is 20.6 Å². The molecular formula is C13H16FN3O3. The first-order chi connectivity index (χ1) is 9.47. The van der Waals surface area contributed by atoms with E-state index in [1.54, 1.807) is 0 Å². The summed E-state index contributed by atoms with van der Waals surface area (Å²) in [5.41, 5.74) is -0.590. The van der Waals surface area contributed by atoms with E-state index in [9.17, 15) is 14.0 Å². The van der Waals surface area contributed by atoms with Gasteiger partial charge in [0.2, 0.25) is 0 Å². The third-order valence-corrected chi connectivity index (χ3v) is 3.21. The van der Waals surface area contributed by atoms with Gasteiger partial charge in [-0.25, -0.2) is 14.0 Å². The molecular weight excluding hydrogens is 265 g/mol. The summed E-state index contributed by atoms with van der Waals surface area (Å²) in [7, 11) is 1.94. The maximum atomic E-state index is 13.6. The van der Waals surface area contributed by atoms with E-state index < -0.39 is 17.8 Å². The quantitative estimate of drug-likeness (QED) is 0.781. The van der Waals surface area contributed by atoms with Crippen molar-refractivity contribution in [2.45, 2.75) is 12.5 Å². The minimum absolute atomic E-state index is 0.0138. The average Bonchev–Trinajstić information content (AvgIpc) is 2.77. The maximum absolute atomic E-state index is 13.6. The molecule has 1 heterocycles. The number of carbonyl (C=O) groups excluding carboxylic acids is 1. The fraction of sp³-hybridized carbons (Fsp3) is 0.385. The molecule has 1 fully saturated rings. The molecule has 3 N–H and O–H groups in total. The first-order valence-electron chi connectivity index (χ1n) is 6.25. The van der Waals surface area contributed by atoms with Crippen molar-refractivity contribution >= 4 is 17.7 Å². The molecule has 1 aliphatic rings. The molecule has 1 aliphatic heterocycles. The fourth-order valence-electron chi connectivity index (χ4n) is 2.22. The molecule has 0 radical (unpaired) electrons. The number of carboxylic acid groups (broad SMARTS) is 1. The van der Waals surface area contributed by atoms with E-state index in [1.807, 2.05) is 7.05 Å². The van der Waals surface area contributed by atoms with Gasteiger partial charge in [-0.05, 0) is 32.1 Å². The van der Waals surface area contributed by atoms with Gasteiger partial charge in [0.1, 0.15) is 5.82 Å². The maximum Gasteiger partial charge on any atom is 0.337 e. The van der Waals surface area contributed by atoms with Gasteiger partial charge in [-0.1, -0.05) is 6.07 Å². The van der Waals surface area contributed by atoms with Crippen molar-refractivity contribution < 1.29 is 19.1 Å². The number of para-hydroxylation sites is 1. The van der Waals surface area contributed by atoms with Crippen LogP contribution in [0.4, 0.5) is 14.9 Å². The smallest absolute Gasteiger partial charge is 0.337 e. The van der Waals surface area contributed by atoms with Crippen LogP contribution in [0, 0.1) is 5.82 Å². The lowest BCUT2D eigenvalue weighted by molar-refractivity contribution is 0.0697. The van der Waals surface area contributed by atoms with E-state index in [2.05, 4.69) is 15.5 Å². The Hall–Kier alpha value is -2.15. The van der Waals surface area contributed by atoms with E-state index in [4.69, 9.17) is 5.11 Å². The van der Waals surface area contributed by atoms with Crippen molar-refractivity contribution in [3.05, 3.63) is 29.6 Å². The number of hydrogen-bond donors (Lipinski definition) is 3. The highest BCUT2D eigenvalue weighted by Gasteiger charge is 2.22. The second-order valence-electron chi connectivity index (χ2n) is 4.81.